The monoisotopic (exact) mass is 446 g/mol. The van der Waals surface area contributed by atoms with Gasteiger partial charge in [0.05, 0.1) is 4.99 Å². The Morgan fingerprint density at radius 3 is 1.39 bits per heavy atom. The summed E-state index contributed by atoms with van der Waals surface area (Å²) >= 11 is 8.14. The van der Waals surface area contributed by atoms with Crippen molar-refractivity contribution in [1.82, 2.24) is 9.80 Å². The Morgan fingerprint density at radius 1 is 0.750 bits per heavy atom. The van der Waals surface area contributed by atoms with E-state index in [1.807, 2.05) is 25.7 Å². The van der Waals surface area contributed by atoms with Gasteiger partial charge in [-0.1, -0.05) is 77.3 Å². The minimum Gasteiger partial charge on any atom is -0.363 e. The Balaban J connectivity index is 0.000000280. The van der Waals surface area contributed by atoms with Gasteiger partial charge in [0.2, 0.25) is 5.91 Å². The van der Waals surface area contributed by atoms with Crippen molar-refractivity contribution in [2.45, 2.75) is 65.9 Å². The molecule has 2 aliphatic rings. The van der Waals surface area contributed by atoms with Crippen molar-refractivity contribution in [3.8, 4) is 0 Å². The van der Waals surface area contributed by atoms with Crippen molar-refractivity contribution in [1.29, 1.82) is 0 Å². The van der Waals surface area contributed by atoms with Crippen LogP contribution in [0.2, 0.25) is 0 Å². The summed E-state index contributed by atoms with van der Waals surface area (Å²) in [4.78, 5) is 38.3. The van der Waals surface area contributed by atoms with Crippen LogP contribution in [0.5, 0.6) is 0 Å². The molecule has 0 spiro atoms. The lowest BCUT2D eigenvalue weighted by molar-refractivity contribution is -0.142. The summed E-state index contributed by atoms with van der Waals surface area (Å²) < 4.78 is 0. The molecule has 5 nitrogen and oxygen atoms in total. The third-order valence-corrected chi connectivity index (χ3v) is 7.02. The summed E-state index contributed by atoms with van der Waals surface area (Å²) in [6.45, 7) is 18.6. The molecule has 0 bridgehead atoms. The Hall–Kier alpha value is -0.600. The number of nitrogens with zero attached hydrogens (tertiary/aromatic N) is 2. The molecule has 2 fully saturated rings. The van der Waals surface area contributed by atoms with E-state index in [2.05, 4.69) is 25.7 Å². The Bertz CT molecular complexity index is 557. The number of likely N-dealkylation sites (tertiary alicyclic amines) is 2. The first kappa shape index (κ1) is 25.4. The number of thiocarbonyl (C=S) groups is 1. The molecule has 0 saturated carbocycles. The van der Waals surface area contributed by atoms with E-state index < -0.39 is 0 Å². The summed E-state index contributed by atoms with van der Waals surface area (Å²) in [5.74, 6) is 0.179. The highest BCUT2D eigenvalue weighted by atomic mass is 32.2. The van der Waals surface area contributed by atoms with E-state index in [1.165, 1.54) is 23.5 Å². The fourth-order valence-electron chi connectivity index (χ4n) is 2.78. The van der Waals surface area contributed by atoms with Gasteiger partial charge in [-0.3, -0.25) is 14.4 Å². The van der Waals surface area contributed by atoms with Gasteiger partial charge in [0.1, 0.15) is 0 Å². The van der Waals surface area contributed by atoms with Crippen LogP contribution in [0, 0.1) is 10.8 Å². The van der Waals surface area contributed by atoms with E-state index >= 15 is 0 Å². The van der Waals surface area contributed by atoms with Gasteiger partial charge in [0.15, 0.2) is 10.2 Å². The molecule has 0 aromatic rings. The maximum absolute atomic E-state index is 11.7. The normalized spacial score (nSPS) is 17.9. The zero-order valence-electron chi connectivity index (χ0n) is 18.3. The molecule has 160 valence electrons. The molecule has 0 atom stereocenters. The highest BCUT2D eigenvalue weighted by Gasteiger charge is 2.37. The maximum atomic E-state index is 11.7. The number of rotatable bonds is 2. The van der Waals surface area contributed by atoms with Gasteiger partial charge in [-0.2, -0.15) is 0 Å². The van der Waals surface area contributed by atoms with Crippen LogP contribution in [0.15, 0.2) is 0 Å². The third kappa shape index (κ3) is 8.03. The third-order valence-electron chi connectivity index (χ3n) is 4.22. The van der Waals surface area contributed by atoms with Crippen LogP contribution < -0.4 is 0 Å². The molecule has 0 aliphatic carbocycles. The lowest BCUT2D eigenvalue weighted by atomic mass is 9.93. The summed E-state index contributed by atoms with van der Waals surface area (Å²) in [6, 6.07) is 0. The number of thioether (sulfide) groups is 2. The smallest absolute Gasteiger partial charge is 0.228 e. The van der Waals surface area contributed by atoms with Crippen LogP contribution in [-0.4, -0.2) is 67.6 Å². The number of carbonyl (C=O) groups is 3. The maximum Gasteiger partial charge on any atom is 0.228 e. The van der Waals surface area contributed by atoms with Gasteiger partial charge in [-0.05, 0) is 0 Å². The molecule has 0 N–H and O–H groups in total. The summed E-state index contributed by atoms with van der Waals surface area (Å²) in [5, 5.41) is 1.11. The summed E-state index contributed by atoms with van der Waals surface area (Å²) in [6.07, 6.45) is 0. The molecular weight excluding hydrogens is 412 g/mol. The zero-order chi connectivity index (χ0) is 21.9. The predicted molar refractivity (Wildman–Crippen MR) is 124 cm³/mol. The zero-order valence-corrected chi connectivity index (χ0v) is 20.8. The highest BCUT2D eigenvalue weighted by Crippen LogP contribution is 2.29. The molecule has 0 unspecified atom stereocenters. The van der Waals surface area contributed by atoms with Crippen molar-refractivity contribution in [3.63, 3.8) is 0 Å². The minimum atomic E-state index is -0.300. The van der Waals surface area contributed by atoms with Crippen LogP contribution in [0.25, 0.3) is 0 Å². The Morgan fingerprint density at radius 2 is 1.11 bits per heavy atom. The second kappa shape index (κ2) is 9.94. The van der Waals surface area contributed by atoms with E-state index in [-0.39, 0.29) is 27.0 Å². The number of hydrogen-bond acceptors (Lipinski definition) is 6. The minimum absolute atomic E-state index is 0.0706. The average molecular weight is 447 g/mol. The summed E-state index contributed by atoms with van der Waals surface area (Å²) in [5.41, 5.74) is -0.229. The van der Waals surface area contributed by atoms with E-state index in [9.17, 15) is 14.4 Å². The lowest BCUT2D eigenvalue weighted by Crippen LogP contribution is -2.55. The van der Waals surface area contributed by atoms with Crippen LogP contribution in [0.3, 0.4) is 0 Å². The predicted octanol–water partition coefficient (Wildman–Crippen LogP) is 3.85. The number of amides is 1. The number of hydrogen-bond donors (Lipinski definition) is 0. The molecule has 2 rings (SSSR count). The van der Waals surface area contributed by atoms with Crippen molar-refractivity contribution >= 4 is 56.9 Å². The first-order valence-electron chi connectivity index (χ1n) is 9.54. The van der Waals surface area contributed by atoms with E-state index in [1.54, 1.807) is 13.8 Å². The molecule has 1 amide bonds. The standard InChI is InChI=1S/C10H17NO2S.C10H17NOS2/c2*1-7(12)14-8-5-11(6-8)9(13)10(2,3)4/h2*8H,5-6H2,1-4H3. The van der Waals surface area contributed by atoms with Gasteiger partial charge in [-0.25, -0.2) is 0 Å². The first-order valence-corrected chi connectivity index (χ1v) is 11.7. The SMILES string of the molecule is CC(=O)SC1CN(C(=O)C(C)(C)C)C1.CC(=O)SC1CN(C(=S)C(C)(C)C)C1. The van der Waals surface area contributed by atoms with Crippen LogP contribution in [0.4, 0.5) is 0 Å². The largest absolute Gasteiger partial charge is 0.363 e. The molecule has 0 aromatic carbocycles. The fourth-order valence-corrected chi connectivity index (χ4v) is 4.88. The molecule has 2 aliphatic heterocycles. The van der Waals surface area contributed by atoms with Crippen LogP contribution >= 0.6 is 35.7 Å². The van der Waals surface area contributed by atoms with Crippen molar-refractivity contribution in [2.75, 3.05) is 26.2 Å². The second-order valence-electron chi connectivity index (χ2n) is 9.38. The summed E-state index contributed by atoms with van der Waals surface area (Å²) in [7, 11) is 0. The van der Waals surface area contributed by atoms with E-state index in [4.69, 9.17) is 12.2 Å². The lowest BCUT2D eigenvalue weighted by Gasteiger charge is -2.43. The topological polar surface area (TPSA) is 57.7 Å². The molecular formula is C20H34N2O3S3. The van der Waals surface area contributed by atoms with E-state index in [0.717, 1.165) is 31.2 Å². The van der Waals surface area contributed by atoms with Gasteiger partial charge < -0.3 is 9.80 Å². The molecule has 0 radical (unpaired) electrons. The average Bonchev–Trinajstić information content (AvgIpc) is 2.42. The van der Waals surface area contributed by atoms with Crippen molar-refractivity contribution < 1.29 is 14.4 Å². The van der Waals surface area contributed by atoms with Crippen molar-refractivity contribution in [2.24, 2.45) is 10.8 Å². The van der Waals surface area contributed by atoms with Gasteiger partial charge in [-0.15, -0.1) is 0 Å². The highest BCUT2D eigenvalue weighted by molar-refractivity contribution is 8.14. The van der Waals surface area contributed by atoms with Gasteiger partial charge in [0.25, 0.3) is 0 Å². The van der Waals surface area contributed by atoms with Crippen molar-refractivity contribution in [3.05, 3.63) is 0 Å². The molecule has 2 saturated heterocycles. The van der Waals surface area contributed by atoms with E-state index in [0.29, 0.717) is 10.5 Å². The first-order chi connectivity index (χ1) is 12.6. The quantitative estimate of drug-likeness (QED) is 0.597. The van der Waals surface area contributed by atoms with Crippen LogP contribution in [0.1, 0.15) is 55.4 Å². The molecule has 0 aromatic heterocycles. The van der Waals surface area contributed by atoms with Gasteiger partial charge in [0, 0.05) is 61.4 Å². The Labute approximate surface area is 183 Å². The molecule has 8 heteroatoms. The Kier molecular flexibility index (Phi) is 9.03. The molecule has 2 heterocycles. The fraction of sp³-hybridized carbons (Fsp3) is 0.800. The second-order valence-corrected chi connectivity index (χ2v) is 12.7. The number of carbonyl (C=O) groups excluding carboxylic acids is 3. The van der Waals surface area contributed by atoms with Gasteiger partial charge >= 0.3 is 0 Å². The van der Waals surface area contributed by atoms with Crippen LogP contribution in [-0.2, 0) is 14.4 Å². The molecule has 28 heavy (non-hydrogen) atoms.